The average Bonchev–Trinajstić information content (AvgIpc) is 3.50. The molecule has 0 aliphatic heterocycles. The van der Waals surface area contributed by atoms with Gasteiger partial charge in [0, 0.05) is 27.9 Å². The molecule has 6 aromatic carbocycles. The van der Waals surface area contributed by atoms with Crippen LogP contribution in [0.1, 0.15) is 67.0 Å². The van der Waals surface area contributed by atoms with Crippen LogP contribution in [-0.2, 0) is 11.8 Å². The summed E-state index contributed by atoms with van der Waals surface area (Å²) in [4.78, 5) is 2.27. The van der Waals surface area contributed by atoms with Gasteiger partial charge < -0.3 is 4.90 Å². The van der Waals surface area contributed by atoms with Gasteiger partial charge >= 0.3 is 0 Å². The van der Waals surface area contributed by atoms with Crippen LogP contribution in [-0.4, -0.2) is 0 Å². The van der Waals surface area contributed by atoms with Gasteiger partial charge in [0.25, 0.3) is 0 Å². The molecule has 0 aromatic heterocycles. The van der Waals surface area contributed by atoms with Crippen molar-refractivity contribution in [3.8, 4) is 34.6 Å². The Morgan fingerprint density at radius 1 is 0.763 bits per heavy atom. The summed E-state index contributed by atoms with van der Waals surface area (Å²) < 4.78 is 0. The number of nitrogens with zero attached hydrogens (tertiary/aromatic N) is 1. The zero-order chi connectivity index (χ0) is 41.7. The molecule has 1 nitrogen and oxygen atoms in total. The molecule has 0 saturated heterocycles. The quantitative estimate of drug-likeness (QED) is 0.0789. The third-order valence-corrected chi connectivity index (χ3v) is 12.1. The maximum Gasteiger partial charge on any atom is 0.0539 e. The molecule has 0 saturated carbocycles. The van der Waals surface area contributed by atoms with Crippen LogP contribution in [0, 0.1) is 18.3 Å². The van der Waals surface area contributed by atoms with Crippen LogP contribution in [0.4, 0.5) is 11.4 Å². The summed E-state index contributed by atoms with van der Waals surface area (Å²) in [5, 5.41) is 2.46. The second-order valence-electron chi connectivity index (χ2n) is 15.8. The molecule has 1 aliphatic carbocycles. The number of benzene rings is 6. The van der Waals surface area contributed by atoms with E-state index in [0.29, 0.717) is 0 Å². The zero-order valence-electron chi connectivity index (χ0n) is 34.9. The second-order valence-corrected chi connectivity index (χ2v) is 15.8. The van der Waals surface area contributed by atoms with E-state index in [1.165, 1.54) is 44.2 Å². The first-order valence-electron chi connectivity index (χ1n) is 20.5. The van der Waals surface area contributed by atoms with Gasteiger partial charge in [-0.3, -0.25) is 0 Å². The van der Waals surface area contributed by atoms with E-state index in [1.807, 2.05) is 49.5 Å². The van der Waals surface area contributed by atoms with E-state index in [1.54, 1.807) is 0 Å². The number of terminal acetylenes is 1. The van der Waals surface area contributed by atoms with E-state index in [0.717, 1.165) is 51.3 Å². The lowest BCUT2D eigenvalue weighted by atomic mass is 9.76. The van der Waals surface area contributed by atoms with Crippen molar-refractivity contribution in [2.24, 2.45) is 5.92 Å². The van der Waals surface area contributed by atoms with Crippen LogP contribution in [0.5, 0.6) is 0 Å². The fourth-order valence-electron chi connectivity index (χ4n) is 9.05. The highest BCUT2D eigenvalue weighted by Crippen LogP contribution is 2.50. The predicted molar refractivity (Wildman–Crippen MR) is 258 cm³/mol. The van der Waals surface area contributed by atoms with Gasteiger partial charge in [0.2, 0.25) is 0 Å². The minimum absolute atomic E-state index is 0.0468. The Kier molecular flexibility index (Phi) is 11.8. The molecular formula is C58H53N. The molecule has 2 unspecified atom stereocenters. The lowest BCUT2D eigenvalue weighted by Gasteiger charge is -2.31. The number of anilines is 2. The van der Waals surface area contributed by atoms with E-state index in [4.69, 9.17) is 6.42 Å². The van der Waals surface area contributed by atoms with E-state index in [9.17, 15) is 0 Å². The third kappa shape index (κ3) is 7.63. The third-order valence-electron chi connectivity index (χ3n) is 12.1. The van der Waals surface area contributed by atoms with Crippen molar-refractivity contribution in [1.82, 2.24) is 0 Å². The highest BCUT2D eigenvalue weighted by molar-refractivity contribution is 5.88. The van der Waals surface area contributed by atoms with Crippen LogP contribution in [0.2, 0.25) is 0 Å². The maximum absolute atomic E-state index is 6.29. The van der Waals surface area contributed by atoms with E-state index in [2.05, 4.69) is 185 Å². The van der Waals surface area contributed by atoms with Gasteiger partial charge in [-0.1, -0.05) is 187 Å². The van der Waals surface area contributed by atoms with Crippen LogP contribution >= 0.6 is 0 Å². The van der Waals surface area contributed by atoms with Crippen molar-refractivity contribution in [3.63, 3.8) is 0 Å². The molecule has 59 heavy (non-hydrogen) atoms. The highest BCUT2D eigenvalue weighted by atomic mass is 15.1. The molecule has 0 N–H and O–H groups in total. The second kappa shape index (κ2) is 17.3. The summed E-state index contributed by atoms with van der Waals surface area (Å²) in [5.74, 6) is 3.18. The Hall–Kier alpha value is -6.88. The minimum atomic E-state index is -0.138. The Morgan fingerprint density at radius 3 is 2.25 bits per heavy atom. The molecule has 6 aromatic rings. The summed E-state index contributed by atoms with van der Waals surface area (Å²) in [5.41, 5.74) is 15.8. The Balaban J connectivity index is 1.50. The molecule has 0 bridgehead atoms. The molecule has 290 valence electrons. The van der Waals surface area contributed by atoms with Crippen molar-refractivity contribution in [1.29, 1.82) is 0 Å². The monoisotopic (exact) mass is 763 g/mol. The van der Waals surface area contributed by atoms with Gasteiger partial charge in [-0.2, -0.15) is 0 Å². The van der Waals surface area contributed by atoms with Crippen LogP contribution in [0.25, 0.3) is 45.2 Å². The molecule has 0 amide bonds. The van der Waals surface area contributed by atoms with Gasteiger partial charge in [0.05, 0.1) is 5.69 Å². The molecule has 0 heterocycles. The molecule has 1 aliphatic rings. The molecule has 7 rings (SSSR count). The molecule has 2 atom stereocenters. The average molecular weight is 764 g/mol. The van der Waals surface area contributed by atoms with Crippen molar-refractivity contribution < 1.29 is 0 Å². The molecule has 1 heteroatoms. The Labute approximate surface area is 352 Å². The number of hydrogen-bond donors (Lipinski definition) is 0. The summed E-state index contributed by atoms with van der Waals surface area (Å²) in [6.07, 6.45) is 22.7. The van der Waals surface area contributed by atoms with Crippen LogP contribution in [0.15, 0.2) is 195 Å². The van der Waals surface area contributed by atoms with Crippen LogP contribution < -0.4 is 4.90 Å². The topological polar surface area (TPSA) is 3.24 Å². The summed E-state index contributed by atoms with van der Waals surface area (Å²) in [6, 6.07) is 44.4. The summed E-state index contributed by atoms with van der Waals surface area (Å²) in [6.45, 7) is 25.7. The predicted octanol–water partition coefficient (Wildman–Crippen LogP) is 15.6. The normalized spacial score (nSPS) is 14.2. The van der Waals surface area contributed by atoms with Gasteiger partial charge in [-0.05, 0) is 122 Å². The minimum Gasteiger partial charge on any atom is -0.310 e. The van der Waals surface area contributed by atoms with Crippen molar-refractivity contribution in [2.75, 3.05) is 4.90 Å². The lowest BCUT2D eigenvalue weighted by Crippen LogP contribution is -2.18. The number of allylic oxidation sites excluding steroid dienone is 7. The summed E-state index contributed by atoms with van der Waals surface area (Å²) >= 11 is 0. The van der Waals surface area contributed by atoms with E-state index in [-0.39, 0.29) is 17.3 Å². The van der Waals surface area contributed by atoms with Crippen LogP contribution in [0.3, 0.4) is 0 Å². The van der Waals surface area contributed by atoms with Crippen molar-refractivity contribution in [2.45, 2.75) is 45.4 Å². The van der Waals surface area contributed by atoms with E-state index >= 15 is 0 Å². The van der Waals surface area contributed by atoms with Crippen molar-refractivity contribution >= 4 is 34.3 Å². The van der Waals surface area contributed by atoms with Gasteiger partial charge in [0.1, 0.15) is 0 Å². The summed E-state index contributed by atoms with van der Waals surface area (Å²) in [7, 11) is 0. The molecular weight excluding hydrogens is 711 g/mol. The first-order chi connectivity index (χ1) is 28.7. The Morgan fingerprint density at radius 2 is 1.51 bits per heavy atom. The fraction of sp³-hybridized carbons (Fsp3) is 0.138. The first-order valence-corrected chi connectivity index (χ1v) is 20.5. The number of rotatable bonds is 14. The number of hydrogen-bond acceptors (Lipinski definition) is 1. The fourth-order valence-corrected chi connectivity index (χ4v) is 9.05. The standard InChI is InChI=1S/C58H53N/c1-10-16-24-42(12-3)40(7)54(51-30-21-27-44-25-17-18-28-50(44)51)37-41-35-46(45-33-34-53-52-29-19-20-31-55(52)58(8,9)56(53)39-45)38-48(36-41)59(47(14-5)23-11-2)57-32-22-26-43(13-4)49(57)15-6/h3,10-11,13-36,38-40,54H,2,4-6,37H2,1,7-9H3. The maximum atomic E-state index is 6.29. The van der Waals surface area contributed by atoms with Gasteiger partial charge in [-0.15, -0.1) is 6.42 Å². The SMILES string of the molecule is C#CC(=CC=CC)C(C)C(Cc1cc(-c2ccc3c(c2)C(C)(C)c2ccccc2-3)cc(N(C(C=C)=CC=C)c2cccc(C=C)c2C=C)c1)c1cccc2ccccc12. The molecule has 0 radical (unpaired) electrons. The smallest absolute Gasteiger partial charge is 0.0539 e. The van der Waals surface area contributed by atoms with Gasteiger partial charge in [0.15, 0.2) is 0 Å². The van der Waals surface area contributed by atoms with Crippen molar-refractivity contribution in [3.05, 3.63) is 229 Å². The molecule has 0 fully saturated rings. The van der Waals surface area contributed by atoms with E-state index < -0.39 is 0 Å². The largest absolute Gasteiger partial charge is 0.310 e. The zero-order valence-corrected chi connectivity index (χ0v) is 34.9. The first kappa shape index (κ1) is 40.3. The van der Waals surface area contributed by atoms with Gasteiger partial charge in [-0.25, -0.2) is 0 Å². The highest BCUT2D eigenvalue weighted by Gasteiger charge is 2.35. The number of fused-ring (bicyclic) bond motifs is 4. The molecule has 0 spiro atoms. The Bertz CT molecular complexity index is 2730. The lowest BCUT2D eigenvalue weighted by molar-refractivity contribution is 0.532.